The van der Waals surface area contributed by atoms with Crippen molar-refractivity contribution in [3.63, 3.8) is 0 Å². The number of aromatic nitrogens is 4. The van der Waals surface area contributed by atoms with Gasteiger partial charge in [-0.25, -0.2) is 33.3 Å². The predicted molar refractivity (Wildman–Crippen MR) is 115 cm³/mol. The molecule has 3 aromatic rings. The highest BCUT2D eigenvalue weighted by atomic mass is 35.5. The monoisotopic (exact) mass is 480 g/mol. The van der Waals surface area contributed by atoms with Gasteiger partial charge in [0.05, 0.1) is 38.3 Å². The Morgan fingerprint density at radius 2 is 2.16 bits per heavy atom. The molecule has 2 N–H and O–H groups in total. The van der Waals surface area contributed by atoms with Crippen LogP contribution in [0.3, 0.4) is 0 Å². The standard InChI is InChI=1S/C19H21ClN6O5S/c1-11-3-4-26-13(8-12-10-25(5-6-31-12)19(27)30-2)16(23-14(26)7-11)17-18(20)24-15(9-22-17)32(21,28)29/h3-4,7,9,12H,5-6,8,10H2,1-2H3,(H2,21,28,29). The number of fused-ring (bicyclic) bond motifs is 1. The zero-order valence-corrected chi connectivity index (χ0v) is 18.9. The summed E-state index contributed by atoms with van der Waals surface area (Å²) in [6.45, 7) is 3.10. The molecule has 0 saturated carbocycles. The van der Waals surface area contributed by atoms with Gasteiger partial charge in [-0.3, -0.25) is 0 Å². The van der Waals surface area contributed by atoms with Crippen LogP contribution in [0, 0.1) is 6.92 Å². The van der Waals surface area contributed by atoms with Gasteiger partial charge in [-0.1, -0.05) is 11.6 Å². The number of aryl methyl sites for hydroxylation is 1. The van der Waals surface area contributed by atoms with E-state index in [9.17, 15) is 13.2 Å². The lowest BCUT2D eigenvalue weighted by atomic mass is 10.1. The second kappa shape index (κ2) is 8.62. The van der Waals surface area contributed by atoms with Gasteiger partial charge in [0.15, 0.2) is 10.2 Å². The highest BCUT2D eigenvalue weighted by Crippen LogP contribution is 2.30. The number of halogens is 1. The van der Waals surface area contributed by atoms with E-state index in [1.807, 2.05) is 29.7 Å². The van der Waals surface area contributed by atoms with Gasteiger partial charge in [0, 0.05) is 19.2 Å². The molecule has 11 nitrogen and oxygen atoms in total. The third-order valence-electron chi connectivity index (χ3n) is 5.10. The summed E-state index contributed by atoms with van der Waals surface area (Å²) >= 11 is 6.28. The minimum absolute atomic E-state index is 0.140. The van der Waals surface area contributed by atoms with Gasteiger partial charge in [0.25, 0.3) is 10.0 Å². The molecule has 0 aliphatic carbocycles. The minimum Gasteiger partial charge on any atom is -0.453 e. The van der Waals surface area contributed by atoms with Crippen molar-refractivity contribution in [2.24, 2.45) is 5.14 Å². The molecule has 1 atom stereocenters. The molecular weight excluding hydrogens is 460 g/mol. The summed E-state index contributed by atoms with van der Waals surface area (Å²) in [6.07, 6.45) is 2.57. The molecule has 0 spiro atoms. The zero-order valence-electron chi connectivity index (χ0n) is 17.4. The van der Waals surface area contributed by atoms with Crippen LogP contribution < -0.4 is 5.14 Å². The lowest BCUT2D eigenvalue weighted by Gasteiger charge is -2.32. The molecule has 1 amide bonds. The number of carbonyl (C=O) groups excluding carboxylic acids is 1. The number of primary sulfonamides is 1. The Kier molecular flexibility index (Phi) is 6.03. The highest BCUT2D eigenvalue weighted by Gasteiger charge is 2.28. The average molecular weight is 481 g/mol. The zero-order chi connectivity index (χ0) is 23.0. The number of pyridine rings is 1. The minimum atomic E-state index is -4.06. The summed E-state index contributed by atoms with van der Waals surface area (Å²) < 4.78 is 35.8. The summed E-state index contributed by atoms with van der Waals surface area (Å²) in [5.41, 5.74) is 3.05. The van der Waals surface area contributed by atoms with E-state index in [0.29, 0.717) is 37.5 Å². The van der Waals surface area contributed by atoms with E-state index >= 15 is 0 Å². The normalized spacial score (nSPS) is 17.0. The molecule has 1 saturated heterocycles. The smallest absolute Gasteiger partial charge is 0.409 e. The molecular formula is C19H21ClN6O5S. The molecule has 1 aliphatic heterocycles. The SMILES string of the molecule is COC(=O)N1CCOC(Cc2c(-c3ncc(S(N)(=O)=O)nc3Cl)nc3cc(C)ccn23)C1. The molecule has 32 heavy (non-hydrogen) atoms. The van der Waals surface area contributed by atoms with Crippen molar-refractivity contribution < 1.29 is 22.7 Å². The maximum atomic E-state index is 11.9. The van der Waals surface area contributed by atoms with Gasteiger partial charge in [0.1, 0.15) is 17.0 Å². The van der Waals surface area contributed by atoms with E-state index in [1.54, 1.807) is 4.90 Å². The fourth-order valence-corrected chi connectivity index (χ4v) is 4.28. The van der Waals surface area contributed by atoms with Crippen molar-refractivity contribution >= 4 is 33.4 Å². The first-order valence-electron chi connectivity index (χ1n) is 9.65. The van der Waals surface area contributed by atoms with Crippen LogP contribution in [-0.4, -0.2) is 71.7 Å². The van der Waals surface area contributed by atoms with Crippen LogP contribution in [0.15, 0.2) is 29.6 Å². The maximum absolute atomic E-state index is 11.9. The van der Waals surface area contributed by atoms with E-state index in [-0.39, 0.29) is 17.0 Å². The maximum Gasteiger partial charge on any atom is 0.409 e. The van der Waals surface area contributed by atoms with Crippen LogP contribution in [-0.2, 0) is 25.9 Å². The molecule has 0 aromatic carbocycles. The summed E-state index contributed by atoms with van der Waals surface area (Å²) in [7, 11) is -2.72. The first kappa shape index (κ1) is 22.4. The number of hydrogen-bond acceptors (Lipinski definition) is 8. The largest absolute Gasteiger partial charge is 0.453 e. The van der Waals surface area contributed by atoms with Crippen LogP contribution in [0.1, 0.15) is 11.3 Å². The number of morpholine rings is 1. The Bertz CT molecular complexity index is 1290. The number of rotatable bonds is 4. The molecule has 13 heteroatoms. The average Bonchev–Trinajstić information content (AvgIpc) is 3.09. The fraction of sp³-hybridized carbons (Fsp3) is 0.368. The molecule has 1 unspecified atom stereocenters. The van der Waals surface area contributed by atoms with Gasteiger partial charge in [0.2, 0.25) is 0 Å². The van der Waals surface area contributed by atoms with Crippen LogP contribution >= 0.6 is 11.6 Å². The van der Waals surface area contributed by atoms with Crippen LogP contribution in [0.25, 0.3) is 17.0 Å². The van der Waals surface area contributed by atoms with Crippen LogP contribution in [0.4, 0.5) is 4.79 Å². The molecule has 0 bridgehead atoms. The van der Waals surface area contributed by atoms with E-state index in [0.717, 1.165) is 17.5 Å². The number of hydrogen-bond donors (Lipinski definition) is 1. The number of carbonyl (C=O) groups is 1. The van der Waals surface area contributed by atoms with Gasteiger partial charge < -0.3 is 18.8 Å². The quantitative estimate of drug-likeness (QED) is 0.590. The highest BCUT2D eigenvalue weighted by molar-refractivity contribution is 7.89. The predicted octanol–water partition coefficient (Wildman–Crippen LogP) is 1.41. The second-order valence-electron chi connectivity index (χ2n) is 7.35. The van der Waals surface area contributed by atoms with Crippen molar-refractivity contribution in [1.29, 1.82) is 0 Å². The van der Waals surface area contributed by atoms with Crippen LogP contribution in [0.5, 0.6) is 0 Å². The molecule has 170 valence electrons. The van der Waals surface area contributed by atoms with Crippen molar-refractivity contribution in [1.82, 2.24) is 24.3 Å². The van der Waals surface area contributed by atoms with Gasteiger partial charge in [-0.15, -0.1) is 0 Å². The summed E-state index contributed by atoms with van der Waals surface area (Å²) in [4.78, 5) is 26.3. The first-order valence-corrected chi connectivity index (χ1v) is 11.6. The molecule has 3 aromatic heterocycles. The van der Waals surface area contributed by atoms with E-state index in [2.05, 4.69) is 15.0 Å². The van der Waals surface area contributed by atoms with Crippen molar-refractivity contribution in [3.8, 4) is 11.4 Å². The van der Waals surface area contributed by atoms with E-state index in [4.69, 9.17) is 26.2 Å². The summed E-state index contributed by atoms with van der Waals surface area (Å²) in [6, 6.07) is 3.83. The lowest BCUT2D eigenvalue weighted by Crippen LogP contribution is -2.46. The Morgan fingerprint density at radius 1 is 1.38 bits per heavy atom. The van der Waals surface area contributed by atoms with Crippen molar-refractivity contribution in [2.45, 2.75) is 24.5 Å². The fourth-order valence-electron chi connectivity index (χ4n) is 3.58. The molecule has 4 rings (SSSR count). The number of methoxy groups -OCH3 is 1. The summed E-state index contributed by atoms with van der Waals surface area (Å²) in [5, 5.41) is 4.55. The van der Waals surface area contributed by atoms with Gasteiger partial charge in [-0.2, -0.15) is 0 Å². The molecule has 1 aliphatic rings. The molecule has 1 fully saturated rings. The summed E-state index contributed by atoms with van der Waals surface area (Å²) in [5.74, 6) is 0. The van der Waals surface area contributed by atoms with Gasteiger partial charge >= 0.3 is 6.09 Å². The Labute approximate surface area is 189 Å². The Morgan fingerprint density at radius 3 is 2.84 bits per heavy atom. The number of amides is 1. The number of sulfonamides is 1. The van der Waals surface area contributed by atoms with Crippen molar-refractivity contribution in [3.05, 3.63) is 40.9 Å². The second-order valence-corrected chi connectivity index (χ2v) is 9.21. The van der Waals surface area contributed by atoms with Crippen molar-refractivity contribution in [2.75, 3.05) is 26.8 Å². The third kappa shape index (κ3) is 4.39. The van der Waals surface area contributed by atoms with Gasteiger partial charge in [-0.05, 0) is 24.6 Å². The Hall–Kier alpha value is -2.80. The molecule has 4 heterocycles. The lowest BCUT2D eigenvalue weighted by molar-refractivity contribution is -0.0241. The first-order chi connectivity index (χ1) is 15.2. The number of nitrogens with zero attached hydrogens (tertiary/aromatic N) is 5. The molecule has 0 radical (unpaired) electrons. The topological polar surface area (TPSA) is 142 Å². The number of ether oxygens (including phenoxy) is 2. The number of imidazole rings is 1. The van der Waals surface area contributed by atoms with Crippen LogP contribution in [0.2, 0.25) is 5.15 Å². The number of nitrogens with two attached hydrogens (primary N) is 1. The van der Waals surface area contributed by atoms with E-state index in [1.165, 1.54) is 7.11 Å². The third-order valence-corrected chi connectivity index (χ3v) is 6.14. The Balaban J connectivity index is 1.77. The van der Waals surface area contributed by atoms with E-state index < -0.39 is 21.1 Å².